The standard InChI is InChI=1S/C29H32N2O2S/c1-21(2)19-30(27(32)14-13-23-10-5-4-6-11-23)20-28(33)31-17-15-26-25(16-18-34-26)29(31)24-12-8-7-9-22(24)3/h4-14,16,18,21,29H,15,17,19-20H2,1-3H3. The quantitative estimate of drug-likeness (QED) is 0.412. The van der Waals surface area contributed by atoms with E-state index in [0.29, 0.717) is 13.1 Å². The van der Waals surface area contributed by atoms with Gasteiger partial charge >= 0.3 is 0 Å². The maximum atomic E-state index is 13.7. The van der Waals surface area contributed by atoms with Gasteiger partial charge in [0.1, 0.15) is 6.54 Å². The first-order chi connectivity index (χ1) is 16.4. The third-order valence-electron chi connectivity index (χ3n) is 6.21. The van der Waals surface area contributed by atoms with E-state index in [4.69, 9.17) is 0 Å². The predicted molar refractivity (Wildman–Crippen MR) is 140 cm³/mol. The molecule has 1 unspecified atom stereocenters. The Labute approximate surface area is 206 Å². The van der Waals surface area contributed by atoms with Crippen LogP contribution in [0.1, 0.15) is 47.0 Å². The van der Waals surface area contributed by atoms with Crippen LogP contribution in [0.4, 0.5) is 0 Å². The molecule has 0 spiro atoms. The number of rotatable bonds is 7. The Morgan fingerprint density at radius 3 is 2.53 bits per heavy atom. The Bertz CT molecular complexity index is 1170. The van der Waals surface area contributed by atoms with Gasteiger partial charge in [0, 0.05) is 24.0 Å². The molecule has 4 nitrogen and oxygen atoms in total. The van der Waals surface area contributed by atoms with Crippen molar-refractivity contribution >= 4 is 29.2 Å². The Kier molecular flexibility index (Phi) is 7.63. The Hall–Kier alpha value is -3.18. The zero-order chi connectivity index (χ0) is 24.1. The van der Waals surface area contributed by atoms with Crippen LogP contribution in [-0.2, 0) is 16.0 Å². The van der Waals surface area contributed by atoms with Crippen molar-refractivity contribution < 1.29 is 9.59 Å². The number of hydrogen-bond acceptors (Lipinski definition) is 3. The maximum Gasteiger partial charge on any atom is 0.247 e. The fraction of sp³-hybridized carbons (Fsp3) is 0.310. The molecule has 2 heterocycles. The van der Waals surface area contributed by atoms with Crippen LogP contribution in [0.25, 0.3) is 6.08 Å². The molecule has 2 aromatic carbocycles. The van der Waals surface area contributed by atoms with Crippen molar-refractivity contribution in [3.63, 3.8) is 0 Å². The lowest BCUT2D eigenvalue weighted by Gasteiger charge is -2.38. The largest absolute Gasteiger partial charge is 0.330 e. The first-order valence-electron chi connectivity index (χ1n) is 11.9. The Balaban J connectivity index is 1.58. The number of amides is 2. The molecule has 3 aromatic rings. The minimum Gasteiger partial charge on any atom is -0.330 e. The van der Waals surface area contributed by atoms with Crippen LogP contribution in [0.2, 0.25) is 0 Å². The second-order valence-electron chi connectivity index (χ2n) is 9.25. The molecule has 5 heteroatoms. The van der Waals surface area contributed by atoms with Crippen molar-refractivity contribution in [1.29, 1.82) is 0 Å². The minimum atomic E-state index is -0.133. The van der Waals surface area contributed by atoms with Gasteiger partial charge in [-0.25, -0.2) is 0 Å². The summed E-state index contributed by atoms with van der Waals surface area (Å²) in [5.74, 6) is 0.123. The number of benzene rings is 2. The lowest BCUT2D eigenvalue weighted by Crippen LogP contribution is -2.47. The summed E-state index contributed by atoms with van der Waals surface area (Å²) in [6.45, 7) is 7.52. The van der Waals surface area contributed by atoms with Crippen molar-refractivity contribution in [2.75, 3.05) is 19.6 Å². The zero-order valence-electron chi connectivity index (χ0n) is 20.1. The van der Waals surface area contributed by atoms with Gasteiger partial charge in [0.25, 0.3) is 0 Å². The molecule has 0 fully saturated rings. The smallest absolute Gasteiger partial charge is 0.247 e. The second kappa shape index (κ2) is 10.8. The van der Waals surface area contributed by atoms with Crippen LogP contribution in [0.3, 0.4) is 0 Å². The number of aryl methyl sites for hydroxylation is 1. The van der Waals surface area contributed by atoms with Gasteiger partial charge in [0.2, 0.25) is 11.8 Å². The summed E-state index contributed by atoms with van der Waals surface area (Å²) in [5, 5.41) is 2.12. The fourth-order valence-electron chi connectivity index (χ4n) is 4.58. The van der Waals surface area contributed by atoms with Gasteiger partial charge < -0.3 is 9.80 Å². The lowest BCUT2D eigenvalue weighted by atomic mass is 9.90. The summed E-state index contributed by atoms with van der Waals surface area (Å²) in [7, 11) is 0. The molecule has 1 aromatic heterocycles. The number of thiophene rings is 1. The Morgan fingerprint density at radius 1 is 1.06 bits per heavy atom. The molecule has 34 heavy (non-hydrogen) atoms. The Morgan fingerprint density at radius 2 is 1.79 bits per heavy atom. The van der Waals surface area contributed by atoms with E-state index in [2.05, 4.69) is 44.4 Å². The second-order valence-corrected chi connectivity index (χ2v) is 10.3. The van der Waals surface area contributed by atoms with Crippen LogP contribution in [0.15, 0.2) is 72.1 Å². The van der Waals surface area contributed by atoms with Gasteiger partial charge in [-0.15, -0.1) is 11.3 Å². The van der Waals surface area contributed by atoms with Crippen LogP contribution in [0.5, 0.6) is 0 Å². The lowest BCUT2D eigenvalue weighted by molar-refractivity contribution is -0.140. The van der Waals surface area contributed by atoms with Gasteiger partial charge in [0.05, 0.1) is 6.04 Å². The summed E-state index contributed by atoms with van der Waals surface area (Å²) in [5.41, 5.74) is 4.50. The van der Waals surface area contributed by atoms with Crippen LogP contribution < -0.4 is 0 Å². The van der Waals surface area contributed by atoms with E-state index < -0.39 is 0 Å². The van der Waals surface area contributed by atoms with E-state index in [1.54, 1.807) is 22.3 Å². The molecule has 2 amide bonds. The van der Waals surface area contributed by atoms with Crippen LogP contribution in [0, 0.1) is 12.8 Å². The van der Waals surface area contributed by atoms with Crippen molar-refractivity contribution in [2.45, 2.75) is 33.2 Å². The van der Waals surface area contributed by atoms with E-state index in [-0.39, 0.29) is 30.3 Å². The fourth-order valence-corrected chi connectivity index (χ4v) is 5.48. The number of carbonyl (C=O) groups excluding carboxylic acids is 2. The van der Waals surface area contributed by atoms with E-state index in [1.807, 2.05) is 53.4 Å². The topological polar surface area (TPSA) is 40.6 Å². The highest BCUT2D eigenvalue weighted by Crippen LogP contribution is 2.39. The van der Waals surface area contributed by atoms with Gasteiger partial charge in [0.15, 0.2) is 0 Å². The molecule has 0 saturated carbocycles. The molecule has 176 valence electrons. The highest BCUT2D eigenvalue weighted by atomic mass is 32.1. The first-order valence-corrected chi connectivity index (χ1v) is 12.7. The number of nitrogens with zero attached hydrogens (tertiary/aromatic N) is 2. The predicted octanol–water partition coefficient (Wildman–Crippen LogP) is 5.73. The van der Waals surface area contributed by atoms with Crippen LogP contribution in [-0.4, -0.2) is 41.2 Å². The first kappa shape index (κ1) is 24.0. The van der Waals surface area contributed by atoms with E-state index in [9.17, 15) is 9.59 Å². The molecule has 1 aliphatic heterocycles. The van der Waals surface area contributed by atoms with Gasteiger partial charge in [-0.1, -0.05) is 68.4 Å². The third-order valence-corrected chi connectivity index (χ3v) is 7.21. The summed E-state index contributed by atoms with van der Waals surface area (Å²) < 4.78 is 0. The maximum absolute atomic E-state index is 13.7. The summed E-state index contributed by atoms with van der Waals surface area (Å²) in [6, 6.07) is 20.1. The summed E-state index contributed by atoms with van der Waals surface area (Å²) in [4.78, 5) is 31.8. The van der Waals surface area contributed by atoms with Crippen LogP contribution >= 0.6 is 11.3 Å². The summed E-state index contributed by atoms with van der Waals surface area (Å²) >= 11 is 1.76. The van der Waals surface area contributed by atoms with E-state index >= 15 is 0 Å². The molecular formula is C29H32N2O2S. The molecule has 1 aliphatic rings. The minimum absolute atomic E-state index is 0.00721. The van der Waals surface area contributed by atoms with Crippen molar-refractivity contribution in [1.82, 2.24) is 9.80 Å². The number of carbonyl (C=O) groups is 2. The van der Waals surface area contributed by atoms with E-state index in [1.165, 1.54) is 16.0 Å². The highest BCUT2D eigenvalue weighted by Gasteiger charge is 2.34. The molecule has 0 bridgehead atoms. The molecule has 0 aliphatic carbocycles. The highest BCUT2D eigenvalue weighted by molar-refractivity contribution is 7.10. The average Bonchev–Trinajstić information content (AvgIpc) is 3.31. The zero-order valence-corrected chi connectivity index (χ0v) is 20.9. The van der Waals surface area contributed by atoms with Gasteiger partial charge in [-0.3, -0.25) is 9.59 Å². The molecule has 0 radical (unpaired) electrons. The number of fused-ring (bicyclic) bond motifs is 1. The molecule has 0 saturated heterocycles. The van der Waals surface area contributed by atoms with E-state index in [0.717, 1.165) is 17.5 Å². The molecule has 1 atom stereocenters. The average molecular weight is 473 g/mol. The SMILES string of the molecule is Cc1ccccc1C1c2ccsc2CCN1C(=O)CN(CC(C)C)C(=O)C=Cc1ccccc1. The van der Waals surface area contributed by atoms with Gasteiger partial charge in [-0.2, -0.15) is 0 Å². The molecular weight excluding hydrogens is 440 g/mol. The van der Waals surface area contributed by atoms with Crippen molar-refractivity contribution in [3.8, 4) is 0 Å². The van der Waals surface area contributed by atoms with Crippen molar-refractivity contribution in [3.05, 3.63) is 99.3 Å². The number of hydrogen-bond donors (Lipinski definition) is 0. The monoisotopic (exact) mass is 472 g/mol. The van der Waals surface area contributed by atoms with Gasteiger partial charge in [-0.05, 0) is 59.0 Å². The molecule has 4 rings (SSSR count). The molecule has 0 N–H and O–H groups in total. The van der Waals surface area contributed by atoms with Crippen molar-refractivity contribution in [2.24, 2.45) is 5.92 Å². The normalized spacial score (nSPS) is 15.5. The summed E-state index contributed by atoms with van der Waals surface area (Å²) in [6.07, 6.45) is 4.25. The third kappa shape index (κ3) is 5.48.